The molecule has 0 aromatic heterocycles. The first kappa shape index (κ1) is 13.3. The third kappa shape index (κ3) is 5.38. The van der Waals surface area contributed by atoms with Crippen LogP contribution in [0.15, 0.2) is 4.99 Å². The molecule has 94 valence electrons. The number of aliphatic imine (C=N–C) groups is 1. The van der Waals surface area contributed by atoms with Crippen molar-refractivity contribution in [3.05, 3.63) is 0 Å². The van der Waals surface area contributed by atoms with Crippen molar-refractivity contribution in [1.82, 2.24) is 4.90 Å². The molecule has 16 heavy (non-hydrogen) atoms. The maximum absolute atomic E-state index is 6.01. The molecule has 1 aliphatic heterocycles. The molecule has 0 bridgehead atoms. The molecule has 0 unspecified atom stereocenters. The zero-order valence-electron chi connectivity index (χ0n) is 10.7. The van der Waals surface area contributed by atoms with Gasteiger partial charge in [-0.15, -0.1) is 0 Å². The second-order valence-corrected chi connectivity index (χ2v) is 4.70. The lowest BCUT2D eigenvalue weighted by Crippen LogP contribution is -2.38. The number of hydrogen-bond donors (Lipinski definition) is 1. The van der Waals surface area contributed by atoms with E-state index in [1.54, 1.807) is 0 Å². The smallest absolute Gasteiger partial charge is 0.191 e. The molecular formula is C13H27N3. The van der Waals surface area contributed by atoms with Crippen LogP contribution >= 0.6 is 0 Å². The van der Waals surface area contributed by atoms with Crippen LogP contribution in [0, 0.1) is 0 Å². The van der Waals surface area contributed by atoms with Crippen LogP contribution < -0.4 is 5.73 Å². The first-order chi connectivity index (χ1) is 7.84. The van der Waals surface area contributed by atoms with Gasteiger partial charge in [0.1, 0.15) is 0 Å². The lowest BCUT2D eigenvalue weighted by Gasteiger charge is -2.21. The third-order valence-electron chi connectivity index (χ3n) is 3.22. The molecule has 1 saturated heterocycles. The molecule has 0 aromatic rings. The standard InChI is InChI=1S/C13H27N3/c1-2-3-4-7-10-15-13(14)16-11-8-5-6-9-12-16/h2-12H2,1H3,(H2,14,15). The molecule has 0 radical (unpaired) electrons. The molecule has 3 nitrogen and oxygen atoms in total. The normalized spacial score (nSPS) is 18.6. The van der Waals surface area contributed by atoms with Crippen molar-refractivity contribution in [3.8, 4) is 0 Å². The van der Waals surface area contributed by atoms with Crippen molar-refractivity contribution in [2.24, 2.45) is 10.7 Å². The van der Waals surface area contributed by atoms with Gasteiger partial charge in [0.15, 0.2) is 5.96 Å². The number of nitrogens with two attached hydrogens (primary N) is 1. The van der Waals surface area contributed by atoms with Crippen molar-refractivity contribution >= 4 is 5.96 Å². The molecule has 0 aliphatic carbocycles. The van der Waals surface area contributed by atoms with E-state index in [1.165, 1.54) is 51.4 Å². The fraction of sp³-hybridized carbons (Fsp3) is 0.923. The number of nitrogens with zero attached hydrogens (tertiary/aromatic N) is 2. The maximum Gasteiger partial charge on any atom is 0.191 e. The monoisotopic (exact) mass is 225 g/mol. The highest BCUT2D eigenvalue weighted by Crippen LogP contribution is 2.09. The Bertz CT molecular complexity index is 193. The van der Waals surface area contributed by atoms with E-state index < -0.39 is 0 Å². The van der Waals surface area contributed by atoms with E-state index in [0.29, 0.717) is 0 Å². The predicted molar refractivity (Wildman–Crippen MR) is 70.7 cm³/mol. The van der Waals surface area contributed by atoms with E-state index in [-0.39, 0.29) is 0 Å². The van der Waals surface area contributed by atoms with Gasteiger partial charge in [-0.05, 0) is 19.3 Å². The number of rotatable bonds is 5. The summed E-state index contributed by atoms with van der Waals surface area (Å²) >= 11 is 0. The van der Waals surface area contributed by atoms with Gasteiger partial charge in [-0.25, -0.2) is 0 Å². The molecule has 0 amide bonds. The SMILES string of the molecule is CCCCCCN=C(N)N1CCCCCC1. The van der Waals surface area contributed by atoms with E-state index in [0.717, 1.165) is 25.6 Å². The Morgan fingerprint density at radius 3 is 2.38 bits per heavy atom. The minimum atomic E-state index is 0.776. The molecule has 1 rings (SSSR count). The van der Waals surface area contributed by atoms with Gasteiger partial charge in [-0.1, -0.05) is 39.0 Å². The highest BCUT2D eigenvalue weighted by Gasteiger charge is 2.10. The van der Waals surface area contributed by atoms with Gasteiger partial charge in [0.05, 0.1) is 0 Å². The van der Waals surface area contributed by atoms with Crippen LogP contribution in [-0.4, -0.2) is 30.5 Å². The largest absolute Gasteiger partial charge is 0.370 e. The fourth-order valence-electron chi connectivity index (χ4n) is 2.13. The van der Waals surface area contributed by atoms with Gasteiger partial charge < -0.3 is 10.6 Å². The molecule has 0 aromatic carbocycles. The van der Waals surface area contributed by atoms with Crippen molar-refractivity contribution < 1.29 is 0 Å². The van der Waals surface area contributed by atoms with Gasteiger partial charge in [0, 0.05) is 19.6 Å². The minimum Gasteiger partial charge on any atom is -0.370 e. The van der Waals surface area contributed by atoms with Crippen LogP contribution in [-0.2, 0) is 0 Å². The average molecular weight is 225 g/mol. The molecule has 1 fully saturated rings. The predicted octanol–water partition coefficient (Wildman–Crippen LogP) is 2.76. The lowest BCUT2D eigenvalue weighted by atomic mass is 10.2. The zero-order chi connectivity index (χ0) is 11.6. The third-order valence-corrected chi connectivity index (χ3v) is 3.22. The Balaban J connectivity index is 2.19. The summed E-state index contributed by atoms with van der Waals surface area (Å²) in [7, 11) is 0. The fourth-order valence-corrected chi connectivity index (χ4v) is 2.13. The summed E-state index contributed by atoms with van der Waals surface area (Å²) in [5, 5.41) is 0. The minimum absolute atomic E-state index is 0.776. The second-order valence-electron chi connectivity index (χ2n) is 4.70. The van der Waals surface area contributed by atoms with Crippen LogP contribution in [0.3, 0.4) is 0 Å². The maximum atomic E-state index is 6.01. The van der Waals surface area contributed by atoms with Crippen LogP contribution in [0.2, 0.25) is 0 Å². The van der Waals surface area contributed by atoms with E-state index in [9.17, 15) is 0 Å². The number of guanidine groups is 1. The summed E-state index contributed by atoms with van der Waals surface area (Å²) < 4.78 is 0. The summed E-state index contributed by atoms with van der Waals surface area (Å²) in [6.07, 6.45) is 10.3. The van der Waals surface area contributed by atoms with E-state index >= 15 is 0 Å². The van der Waals surface area contributed by atoms with E-state index in [2.05, 4.69) is 16.8 Å². The Kier molecular flexibility index (Phi) is 7.02. The Morgan fingerprint density at radius 1 is 1.06 bits per heavy atom. The summed E-state index contributed by atoms with van der Waals surface area (Å²) in [4.78, 5) is 6.74. The van der Waals surface area contributed by atoms with Crippen molar-refractivity contribution in [3.63, 3.8) is 0 Å². The molecule has 1 aliphatic rings. The first-order valence-electron chi connectivity index (χ1n) is 6.89. The summed E-state index contributed by atoms with van der Waals surface area (Å²) in [5.41, 5.74) is 6.01. The van der Waals surface area contributed by atoms with E-state index in [4.69, 9.17) is 5.73 Å². The summed E-state index contributed by atoms with van der Waals surface area (Å²) in [6.45, 7) is 5.34. The van der Waals surface area contributed by atoms with E-state index in [1.807, 2.05) is 0 Å². The molecule has 0 spiro atoms. The quantitative estimate of drug-likeness (QED) is 0.444. The molecule has 0 atom stereocenters. The van der Waals surface area contributed by atoms with Crippen LogP contribution in [0.25, 0.3) is 0 Å². The summed E-state index contributed by atoms with van der Waals surface area (Å²) in [6, 6.07) is 0. The lowest BCUT2D eigenvalue weighted by molar-refractivity contribution is 0.428. The number of unbranched alkanes of at least 4 members (excludes halogenated alkanes) is 3. The summed E-state index contributed by atoms with van der Waals surface area (Å²) in [5.74, 6) is 0.776. The van der Waals surface area contributed by atoms with Gasteiger partial charge in [-0.3, -0.25) is 4.99 Å². The van der Waals surface area contributed by atoms with Gasteiger partial charge in [0.2, 0.25) is 0 Å². The first-order valence-corrected chi connectivity index (χ1v) is 6.89. The molecular weight excluding hydrogens is 198 g/mol. The zero-order valence-corrected chi connectivity index (χ0v) is 10.7. The topological polar surface area (TPSA) is 41.6 Å². The molecule has 0 saturated carbocycles. The Morgan fingerprint density at radius 2 is 1.75 bits per heavy atom. The Hall–Kier alpha value is -0.730. The van der Waals surface area contributed by atoms with Crippen LogP contribution in [0.1, 0.15) is 58.3 Å². The van der Waals surface area contributed by atoms with Gasteiger partial charge >= 0.3 is 0 Å². The highest BCUT2D eigenvalue weighted by molar-refractivity contribution is 5.78. The van der Waals surface area contributed by atoms with Crippen molar-refractivity contribution in [2.45, 2.75) is 58.3 Å². The number of likely N-dealkylation sites (tertiary alicyclic amines) is 1. The van der Waals surface area contributed by atoms with Crippen molar-refractivity contribution in [2.75, 3.05) is 19.6 Å². The molecule has 1 heterocycles. The number of hydrogen-bond acceptors (Lipinski definition) is 1. The Labute approximate surface area is 100 Å². The highest BCUT2D eigenvalue weighted by atomic mass is 15.2. The molecule has 2 N–H and O–H groups in total. The molecule has 3 heteroatoms. The van der Waals surface area contributed by atoms with Gasteiger partial charge in [-0.2, -0.15) is 0 Å². The average Bonchev–Trinajstić information content (AvgIpc) is 2.57. The second kappa shape index (κ2) is 8.43. The van der Waals surface area contributed by atoms with Crippen LogP contribution in [0.4, 0.5) is 0 Å². The van der Waals surface area contributed by atoms with Gasteiger partial charge in [0.25, 0.3) is 0 Å². The van der Waals surface area contributed by atoms with Crippen LogP contribution in [0.5, 0.6) is 0 Å². The van der Waals surface area contributed by atoms with Crippen molar-refractivity contribution in [1.29, 1.82) is 0 Å².